The van der Waals surface area contributed by atoms with E-state index in [4.69, 9.17) is 9.63 Å². The summed E-state index contributed by atoms with van der Waals surface area (Å²) < 4.78 is 7.07. The average Bonchev–Trinajstić information content (AvgIpc) is 3.40. The summed E-state index contributed by atoms with van der Waals surface area (Å²) in [5, 5.41) is 26.1. The molecule has 1 aromatic carbocycles. The van der Waals surface area contributed by atoms with Crippen LogP contribution >= 0.6 is 0 Å². The molecule has 3 aromatic heterocycles. The normalized spacial score (nSPS) is 14.2. The Labute approximate surface area is 206 Å². The molecule has 0 bridgehead atoms. The van der Waals surface area contributed by atoms with Gasteiger partial charge in [-0.2, -0.15) is 4.98 Å². The van der Waals surface area contributed by atoms with Gasteiger partial charge in [-0.1, -0.05) is 23.4 Å². The molecule has 0 radical (unpaired) electrons. The standard InChI is InChI=1S/C25H26N6O5/c1-14-4-6-16(21-28-23(36-29-21)17-12-30(13-17)24(33)34)8-18(14)27-22(32)19-10-26-20-7-5-15(11-31(19)20)9-25(2,3)35/h4-8,10-11,17,35H,9,12-13H2,1-3H3,(H,27,32)(H,33,34). The summed E-state index contributed by atoms with van der Waals surface area (Å²) in [6, 6.07) is 9.16. The smallest absolute Gasteiger partial charge is 0.407 e. The molecule has 1 aliphatic heterocycles. The molecule has 0 aliphatic carbocycles. The van der Waals surface area contributed by atoms with Gasteiger partial charge in [0.1, 0.15) is 11.3 Å². The fraction of sp³-hybridized carbons (Fsp3) is 0.320. The lowest BCUT2D eigenvalue weighted by Crippen LogP contribution is -2.47. The van der Waals surface area contributed by atoms with Crippen LogP contribution in [0.5, 0.6) is 0 Å². The van der Waals surface area contributed by atoms with Crippen LogP contribution in [0.4, 0.5) is 10.5 Å². The first kappa shape index (κ1) is 23.5. The van der Waals surface area contributed by atoms with Crippen LogP contribution in [0.2, 0.25) is 0 Å². The zero-order valence-corrected chi connectivity index (χ0v) is 20.1. The monoisotopic (exact) mass is 490 g/mol. The van der Waals surface area contributed by atoms with Gasteiger partial charge in [-0.05, 0) is 44.0 Å². The molecule has 36 heavy (non-hydrogen) atoms. The van der Waals surface area contributed by atoms with E-state index in [1.165, 1.54) is 11.1 Å². The summed E-state index contributed by atoms with van der Waals surface area (Å²) in [5.74, 6) is 0.296. The fourth-order valence-electron chi connectivity index (χ4n) is 4.19. The van der Waals surface area contributed by atoms with Gasteiger partial charge in [0, 0.05) is 37.0 Å². The Hall–Kier alpha value is -4.25. The van der Waals surface area contributed by atoms with Crippen molar-refractivity contribution >= 4 is 23.3 Å². The second-order valence-electron chi connectivity index (χ2n) is 9.72. The van der Waals surface area contributed by atoms with Gasteiger partial charge in [0.05, 0.1) is 17.7 Å². The molecule has 0 atom stereocenters. The Bertz CT molecular complexity index is 1460. The maximum absolute atomic E-state index is 13.2. The molecule has 1 aliphatic rings. The summed E-state index contributed by atoms with van der Waals surface area (Å²) in [6.07, 6.45) is 2.79. The minimum absolute atomic E-state index is 0.122. The van der Waals surface area contributed by atoms with Crippen molar-refractivity contribution in [1.29, 1.82) is 0 Å². The SMILES string of the molecule is Cc1ccc(-c2noc(C3CN(C(=O)O)C3)n2)cc1NC(=O)c1cnc2ccc(CC(C)(C)O)cn12. The number of carboxylic acid groups (broad SMARTS) is 1. The van der Waals surface area contributed by atoms with Crippen LogP contribution in [0, 0.1) is 6.92 Å². The van der Waals surface area contributed by atoms with Crippen LogP contribution < -0.4 is 5.32 Å². The van der Waals surface area contributed by atoms with Crippen molar-refractivity contribution in [3.05, 3.63) is 65.4 Å². The highest BCUT2D eigenvalue weighted by molar-refractivity contribution is 6.04. The van der Waals surface area contributed by atoms with Crippen LogP contribution in [0.3, 0.4) is 0 Å². The Morgan fingerprint density at radius 1 is 1.22 bits per heavy atom. The van der Waals surface area contributed by atoms with Crippen LogP contribution in [-0.4, -0.2) is 65.3 Å². The maximum Gasteiger partial charge on any atom is 0.407 e. The van der Waals surface area contributed by atoms with E-state index < -0.39 is 11.7 Å². The van der Waals surface area contributed by atoms with Crippen LogP contribution in [0.15, 0.2) is 47.2 Å². The highest BCUT2D eigenvalue weighted by atomic mass is 16.5. The number of fused-ring (bicyclic) bond motifs is 1. The quantitative estimate of drug-likeness (QED) is 0.373. The zero-order chi connectivity index (χ0) is 25.6. The number of amides is 2. The van der Waals surface area contributed by atoms with E-state index in [1.807, 2.05) is 37.4 Å². The first-order valence-electron chi connectivity index (χ1n) is 11.5. The second-order valence-corrected chi connectivity index (χ2v) is 9.72. The highest BCUT2D eigenvalue weighted by Crippen LogP contribution is 2.29. The summed E-state index contributed by atoms with van der Waals surface area (Å²) in [5.41, 5.74) is 3.09. The Morgan fingerprint density at radius 2 is 2.00 bits per heavy atom. The average molecular weight is 491 g/mol. The number of hydrogen-bond acceptors (Lipinski definition) is 7. The first-order valence-corrected chi connectivity index (χ1v) is 11.5. The van der Waals surface area contributed by atoms with Gasteiger partial charge in [0.15, 0.2) is 0 Å². The van der Waals surface area contributed by atoms with E-state index in [1.54, 1.807) is 24.3 Å². The van der Waals surface area contributed by atoms with Gasteiger partial charge in [0.25, 0.3) is 5.91 Å². The van der Waals surface area contributed by atoms with E-state index in [2.05, 4.69) is 20.4 Å². The van der Waals surface area contributed by atoms with Gasteiger partial charge in [-0.15, -0.1) is 0 Å². The third-order valence-electron chi connectivity index (χ3n) is 6.12. The third-order valence-corrected chi connectivity index (χ3v) is 6.12. The molecule has 1 saturated heterocycles. The van der Waals surface area contributed by atoms with Gasteiger partial charge in [0.2, 0.25) is 11.7 Å². The lowest BCUT2D eigenvalue weighted by Gasteiger charge is -2.34. The van der Waals surface area contributed by atoms with Crippen LogP contribution in [0.1, 0.15) is 47.3 Å². The summed E-state index contributed by atoms with van der Waals surface area (Å²) in [7, 11) is 0. The Morgan fingerprint density at radius 3 is 2.72 bits per heavy atom. The number of nitrogens with zero attached hydrogens (tertiary/aromatic N) is 5. The molecule has 2 amide bonds. The lowest BCUT2D eigenvalue weighted by molar-refractivity contribution is 0.0808. The molecule has 11 nitrogen and oxygen atoms in total. The van der Waals surface area contributed by atoms with Gasteiger partial charge >= 0.3 is 6.09 Å². The molecule has 11 heteroatoms. The van der Waals surface area contributed by atoms with Crippen molar-refractivity contribution in [3.8, 4) is 11.4 Å². The number of carbonyl (C=O) groups excluding carboxylic acids is 1. The number of aromatic nitrogens is 4. The van der Waals surface area contributed by atoms with Crippen molar-refractivity contribution in [2.45, 2.75) is 38.7 Å². The maximum atomic E-state index is 13.2. The molecule has 5 rings (SSSR count). The van der Waals surface area contributed by atoms with E-state index in [0.717, 1.165) is 11.1 Å². The Kier molecular flexibility index (Phi) is 5.71. The molecular weight excluding hydrogens is 464 g/mol. The van der Waals surface area contributed by atoms with E-state index in [0.29, 0.717) is 53.8 Å². The number of pyridine rings is 1. The number of nitrogens with one attached hydrogen (secondary N) is 1. The van der Waals surface area contributed by atoms with E-state index in [-0.39, 0.29) is 11.8 Å². The molecule has 0 unspecified atom stereocenters. The minimum atomic E-state index is -0.968. The number of rotatable bonds is 6. The summed E-state index contributed by atoms with van der Waals surface area (Å²) in [6.45, 7) is 5.99. The number of hydrogen-bond donors (Lipinski definition) is 3. The van der Waals surface area contributed by atoms with E-state index >= 15 is 0 Å². The number of aryl methyl sites for hydroxylation is 1. The zero-order valence-electron chi connectivity index (χ0n) is 20.1. The molecule has 0 saturated carbocycles. The van der Waals surface area contributed by atoms with Crippen molar-refractivity contribution in [2.75, 3.05) is 18.4 Å². The number of carbonyl (C=O) groups is 2. The number of anilines is 1. The van der Waals surface area contributed by atoms with Crippen molar-refractivity contribution < 1.29 is 24.3 Å². The van der Waals surface area contributed by atoms with Crippen molar-refractivity contribution in [1.82, 2.24) is 24.4 Å². The predicted molar refractivity (Wildman–Crippen MR) is 130 cm³/mol. The van der Waals surface area contributed by atoms with Crippen molar-refractivity contribution in [2.24, 2.45) is 0 Å². The number of aliphatic hydroxyl groups is 1. The molecule has 4 aromatic rings. The van der Waals surface area contributed by atoms with Gasteiger partial charge in [-0.3, -0.25) is 9.20 Å². The summed E-state index contributed by atoms with van der Waals surface area (Å²) >= 11 is 0. The van der Waals surface area contributed by atoms with E-state index in [9.17, 15) is 14.7 Å². The molecule has 3 N–H and O–H groups in total. The summed E-state index contributed by atoms with van der Waals surface area (Å²) in [4.78, 5) is 34.2. The highest BCUT2D eigenvalue weighted by Gasteiger charge is 2.35. The molecule has 0 spiro atoms. The molecule has 1 fully saturated rings. The molecule has 4 heterocycles. The predicted octanol–water partition coefficient (Wildman–Crippen LogP) is 3.34. The fourth-order valence-corrected chi connectivity index (χ4v) is 4.19. The minimum Gasteiger partial charge on any atom is -0.465 e. The number of imidazole rings is 1. The lowest BCUT2D eigenvalue weighted by atomic mass is 10.0. The molecule has 186 valence electrons. The first-order chi connectivity index (χ1) is 17.1. The van der Waals surface area contributed by atoms with Crippen LogP contribution in [-0.2, 0) is 6.42 Å². The van der Waals surface area contributed by atoms with Gasteiger partial charge < -0.3 is 25.0 Å². The Balaban J connectivity index is 1.36. The number of likely N-dealkylation sites (tertiary alicyclic amines) is 1. The molecular formula is C25H26N6O5. The third kappa shape index (κ3) is 4.65. The second kappa shape index (κ2) is 8.76. The number of benzene rings is 1. The van der Waals surface area contributed by atoms with Crippen LogP contribution in [0.25, 0.3) is 17.0 Å². The topological polar surface area (TPSA) is 146 Å². The van der Waals surface area contributed by atoms with Gasteiger partial charge in [-0.25, -0.2) is 9.78 Å². The largest absolute Gasteiger partial charge is 0.465 e. The van der Waals surface area contributed by atoms with Crippen molar-refractivity contribution in [3.63, 3.8) is 0 Å².